The number of ether oxygens (including phenoxy) is 1. The van der Waals surface area contributed by atoms with Gasteiger partial charge in [-0.25, -0.2) is 0 Å². The summed E-state index contributed by atoms with van der Waals surface area (Å²) >= 11 is 0. The van der Waals surface area contributed by atoms with Crippen LogP contribution in [0.2, 0.25) is 0 Å². The van der Waals surface area contributed by atoms with Gasteiger partial charge < -0.3 is 10.5 Å². The van der Waals surface area contributed by atoms with Crippen LogP contribution >= 0.6 is 0 Å². The maximum absolute atomic E-state index is 11.7. The second-order valence-electron chi connectivity index (χ2n) is 3.80. The molecule has 0 radical (unpaired) electrons. The van der Waals surface area contributed by atoms with Gasteiger partial charge in [0.15, 0.2) is 5.78 Å². The summed E-state index contributed by atoms with van der Waals surface area (Å²) in [6.07, 6.45) is 0.592. The van der Waals surface area contributed by atoms with Crippen molar-refractivity contribution in [1.29, 1.82) is 0 Å². The summed E-state index contributed by atoms with van der Waals surface area (Å²) in [5.41, 5.74) is 4.80. The number of hydrogen-bond acceptors (Lipinski definition) is 5. The van der Waals surface area contributed by atoms with E-state index < -0.39 is 11.6 Å². The third-order valence-corrected chi connectivity index (χ3v) is 2.40. The first-order valence-electron chi connectivity index (χ1n) is 5.01. The molecule has 0 saturated heterocycles. The minimum Gasteiger partial charge on any atom is -0.450 e. The zero-order valence-electron chi connectivity index (χ0n) is 9.79. The molecule has 2 atom stereocenters. The van der Waals surface area contributed by atoms with Crippen LogP contribution < -0.4 is 11.1 Å². The van der Waals surface area contributed by atoms with Crippen molar-refractivity contribution in [2.24, 2.45) is 5.73 Å². The highest BCUT2D eigenvalue weighted by Crippen LogP contribution is 2.12. The van der Waals surface area contributed by atoms with E-state index in [-0.39, 0.29) is 18.5 Å². The summed E-state index contributed by atoms with van der Waals surface area (Å²) < 4.78 is 4.73. The number of ketones is 1. The van der Waals surface area contributed by atoms with Gasteiger partial charge in [0.2, 0.25) is 0 Å². The molecule has 5 nitrogen and oxygen atoms in total. The monoisotopic (exact) mass is 216 g/mol. The first kappa shape index (κ1) is 14.1. The van der Waals surface area contributed by atoms with Crippen LogP contribution in [0.3, 0.4) is 0 Å². The normalized spacial score (nSPS) is 16.6. The van der Waals surface area contributed by atoms with Gasteiger partial charge in [-0.15, -0.1) is 0 Å². The third kappa shape index (κ3) is 4.40. The molecule has 0 aromatic rings. The summed E-state index contributed by atoms with van der Waals surface area (Å²) in [5, 5.41) is 2.89. The number of esters is 1. The van der Waals surface area contributed by atoms with Crippen LogP contribution in [0.1, 0.15) is 34.1 Å². The Labute approximate surface area is 90.4 Å². The molecule has 88 valence electrons. The first-order chi connectivity index (χ1) is 6.83. The quantitative estimate of drug-likeness (QED) is 0.489. The van der Waals surface area contributed by atoms with E-state index in [1.807, 2.05) is 6.92 Å². The zero-order valence-corrected chi connectivity index (χ0v) is 9.79. The van der Waals surface area contributed by atoms with E-state index in [1.165, 1.54) is 6.92 Å². The second kappa shape index (κ2) is 5.82. The molecule has 0 aliphatic heterocycles. The lowest BCUT2D eigenvalue weighted by Crippen LogP contribution is -2.55. The van der Waals surface area contributed by atoms with Crippen molar-refractivity contribution in [3.63, 3.8) is 0 Å². The molecule has 0 spiro atoms. The molecule has 15 heavy (non-hydrogen) atoms. The van der Waals surface area contributed by atoms with Crippen molar-refractivity contribution in [3.8, 4) is 0 Å². The molecular weight excluding hydrogens is 196 g/mol. The number of carbonyl (C=O) groups is 2. The number of nitrogens with one attached hydrogen (secondary N) is 1. The van der Waals surface area contributed by atoms with Crippen molar-refractivity contribution < 1.29 is 14.3 Å². The van der Waals surface area contributed by atoms with Crippen LogP contribution in [-0.2, 0) is 14.3 Å². The number of Topliss-reactive ketones (excluding diaryl/α,β-unsaturated/α-hetero) is 1. The Morgan fingerprint density at radius 3 is 2.40 bits per heavy atom. The predicted molar refractivity (Wildman–Crippen MR) is 57.1 cm³/mol. The Hall–Kier alpha value is -0.940. The summed E-state index contributed by atoms with van der Waals surface area (Å²) in [5.74, 6) is -0.466. The molecule has 0 aliphatic carbocycles. The highest BCUT2D eigenvalue weighted by molar-refractivity contribution is 5.92. The number of hydrogen-bond donors (Lipinski definition) is 2. The van der Waals surface area contributed by atoms with Crippen LogP contribution in [0.15, 0.2) is 0 Å². The molecule has 0 amide bonds. The summed E-state index contributed by atoms with van der Waals surface area (Å²) in [6.45, 7) is 6.61. The van der Waals surface area contributed by atoms with Gasteiger partial charge in [-0.3, -0.25) is 14.9 Å². The van der Waals surface area contributed by atoms with Crippen molar-refractivity contribution in [1.82, 2.24) is 5.32 Å². The van der Waals surface area contributed by atoms with E-state index in [1.54, 1.807) is 13.8 Å². The Morgan fingerprint density at radius 1 is 1.53 bits per heavy atom. The van der Waals surface area contributed by atoms with E-state index in [9.17, 15) is 9.59 Å². The molecule has 0 fully saturated rings. The van der Waals surface area contributed by atoms with Gasteiger partial charge in [0.05, 0.1) is 11.6 Å². The maximum atomic E-state index is 11.7. The summed E-state index contributed by atoms with van der Waals surface area (Å²) in [7, 11) is 0. The van der Waals surface area contributed by atoms with E-state index in [0.29, 0.717) is 6.42 Å². The summed E-state index contributed by atoms with van der Waals surface area (Å²) in [6, 6.07) is -0.528. The smallest absolute Gasteiger partial charge is 0.303 e. The molecule has 2 unspecified atom stereocenters. The van der Waals surface area contributed by atoms with Gasteiger partial charge in [0.1, 0.15) is 6.73 Å². The minimum atomic E-state index is -0.733. The minimum absolute atomic E-state index is 0.0259. The molecule has 0 aromatic carbocycles. The predicted octanol–water partition coefficient (Wildman–Crippen LogP) is 0.182. The maximum Gasteiger partial charge on any atom is 0.303 e. The van der Waals surface area contributed by atoms with E-state index in [2.05, 4.69) is 5.32 Å². The molecule has 0 bridgehead atoms. The molecule has 3 N–H and O–H groups in total. The van der Waals surface area contributed by atoms with Crippen molar-refractivity contribution in [2.75, 3.05) is 6.73 Å². The Bertz CT molecular complexity index is 241. The van der Waals surface area contributed by atoms with Crippen molar-refractivity contribution in [2.45, 2.75) is 45.7 Å². The van der Waals surface area contributed by atoms with E-state index >= 15 is 0 Å². The van der Waals surface area contributed by atoms with Crippen LogP contribution in [0, 0.1) is 0 Å². The molecule has 0 rings (SSSR count). The molecule has 0 aliphatic rings. The average molecular weight is 216 g/mol. The SMILES string of the molecule is CCC(C)(NCOC(C)=O)C(=O)C(C)N. The Morgan fingerprint density at radius 2 is 2.07 bits per heavy atom. The van der Waals surface area contributed by atoms with Gasteiger partial charge in [0.25, 0.3) is 0 Å². The molecule has 5 heteroatoms. The Balaban J connectivity index is 4.31. The van der Waals surface area contributed by atoms with Crippen LogP contribution in [-0.4, -0.2) is 30.1 Å². The fourth-order valence-electron chi connectivity index (χ4n) is 1.19. The first-order valence-corrected chi connectivity index (χ1v) is 5.01. The highest BCUT2D eigenvalue weighted by Gasteiger charge is 2.32. The van der Waals surface area contributed by atoms with Gasteiger partial charge in [-0.2, -0.15) is 0 Å². The lowest BCUT2D eigenvalue weighted by Gasteiger charge is -2.29. The van der Waals surface area contributed by atoms with Gasteiger partial charge in [0, 0.05) is 6.92 Å². The van der Waals surface area contributed by atoms with Crippen molar-refractivity contribution in [3.05, 3.63) is 0 Å². The van der Waals surface area contributed by atoms with E-state index in [0.717, 1.165) is 0 Å². The number of carbonyl (C=O) groups excluding carboxylic acids is 2. The van der Waals surface area contributed by atoms with Crippen LogP contribution in [0.4, 0.5) is 0 Å². The van der Waals surface area contributed by atoms with E-state index in [4.69, 9.17) is 10.5 Å². The average Bonchev–Trinajstić information content (AvgIpc) is 2.15. The largest absolute Gasteiger partial charge is 0.450 e. The number of rotatable bonds is 6. The number of nitrogens with two attached hydrogens (primary N) is 1. The fourth-order valence-corrected chi connectivity index (χ4v) is 1.19. The van der Waals surface area contributed by atoms with Gasteiger partial charge in [-0.05, 0) is 20.3 Å². The fraction of sp³-hybridized carbons (Fsp3) is 0.800. The third-order valence-electron chi connectivity index (χ3n) is 2.40. The molecular formula is C10H20N2O3. The highest BCUT2D eigenvalue weighted by atomic mass is 16.5. The standard InChI is InChI=1S/C10H20N2O3/c1-5-10(4,9(14)7(2)11)12-6-15-8(3)13/h7,12H,5-6,11H2,1-4H3. The van der Waals surface area contributed by atoms with Gasteiger partial charge >= 0.3 is 5.97 Å². The van der Waals surface area contributed by atoms with Crippen LogP contribution in [0.5, 0.6) is 0 Å². The zero-order chi connectivity index (χ0) is 12.1. The molecule has 0 aromatic heterocycles. The Kier molecular flexibility index (Phi) is 5.46. The molecule has 0 saturated carbocycles. The molecule has 0 heterocycles. The lowest BCUT2D eigenvalue weighted by molar-refractivity contribution is -0.143. The van der Waals surface area contributed by atoms with Crippen LogP contribution in [0.25, 0.3) is 0 Å². The topological polar surface area (TPSA) is 81.4 Å². The summed E-state index contributed by atoms with van der Waals surface area (Å²) in [4.78, 5) is 22.3. The lowest BCUT2D eigenvalue weighted by atomic mass is 9.90. The second-order valence-corrected chi connectivity index (χ2v) is 3.80. The van der Waals surface area contributed by atoms with Crippen molar-refractivity contribution >= 4 is 11.8 Å². The van der Waals surface area contributed by atoms with Gasteiger partial charge in [-0.1, -0.05) is 6.92 Å².